The highest BCUT2D eigenvalue weighted by Gasteiger charge is 2.16. The molecule has 0 N–H and O–H groups in total. The molecule has 0 spiro atoms. The van der Waals surface area contributed by atoms with Crippen molar-refractivity contribution in [2.75, 3.05) is 6.61 Å². The van der Waals surface area contributed by atoms with Crippen LogP contribution in [0.4, 0.5) is 0 Å². The number of hydrogen-bond donors (Lipinski definition) is 0. The first kappa shape index (κ1) is 19.7. The summed E-state index contributed by atoms with van der Waals surface area (Å²) in [5, 5.41) is 14.5. The molecule has 0 unspecified atom stereocenters. The molecule has 0 radical (unpaired) electrons. The van der Waals surface area contributed by atoms with Gasteiger partial charge in [-0.25, -0.2) is 4.79 Å². The lowest BCUT2D eigenvalue weighted by atomic mass is 10.1. The Bertz CT molecular complexity index is 862. The van der Waals surface area contributed by atoms with Gasteiger partial charge in [0, 0.05) is 16.3 Å². The lowest BCUT2D eigenvalue weighted by Gasteiger charge is -2.07. The Kier molecular flexibility index (Phi) is 6.99. The zero-order valence-corrected chi connectivity index (χ0v) is 16.0. The fourth-order valence-corrected chi connectivity index (χ4v) is 2.73. The molecule has 1 aromatic carbocycles. The summed E-state index contributed by atoms with van der Waals surface area (Å²) in [7, 11) is 0. The van der Waals surface area contributed by atoms with Gasteiger partial charge in [0.1, 0.15) is 11.6 Å². The molecule has 136 valence electrons. The van der Waals surface area contributed by atoms with Crippen LogP contribution in [0.3, 0.4) is 0 Å². The second-order valence-electron chi connectivity index (χ2n) is 5.99. The molecule has 1 heterocycles. The quantitative estimate of drug-likeness (QED) is 0.312. The number of esters is 1. The molecule has 0 aliphatic rings. The summed E-state index contributed by atoms with van der Waals surface area (Å²) in [5.41, 5.74) is 3.28. The molecule has 1 aromatic heterocycles. The van der Waals surface area contributed by atoms with E-state index in [9.17, 15) is 10.1 Å². The maximum Gasteiger partial charge on any atom is 0.348 e. The summed E-state index contributed by atoms with van der Waals surface area (Å²) < 4.78 is 6.95. The number of carbonyl (C=O) groups is 1. The Balaban J connectivity index is 2.27. The van der Waals surface area contributed by atoms with E-state index in [1.54, 1.807) is 6.08 Å². The first-order valence-electron chi connectivity index (χ1n) is 8.54. The average Bonchev–Trinajstić information content (AvgIpc) is 2.88. The Morgan fingerprint density at radius 1 is 1.38 bits per heavy atom. The van der Waals surface area contributed by atoms with Crippen LogP contribution >= 0.6 is 11.6 Å². The Hall–Kier alpha value is -2.58. The van der Waals surface area contributed by atoms with Crippen molar-refractivity contribution in [3.05, 3.63) is 57.4 Å². The number of ether oxygens (including phenoxy) is 1. The molecule has 0 saturated carbocycles. The highest BCUT2D eigenvalue weighted by Crippen LogP contribution is 2.21. The van der Waals surface area contributed by atoms with Crippen LogP contribution in [0.1, 0.15) is 42.3 Å². The number of aryl methyl sites for hydroxylation is 1. The minimum Gasteiger partial charge on any atom is -0.462 e. The highest BCUT2D eigenvalue weighted by molar-refractivity contribution is 6.31. The zero-order chi connectivity index (χ0) is 19.1. The monoisotopic (exact) mass is 371 g/mol. The summed E-state index contributed by atoms with van der Waals surface area (Å²) >= 11 is 6.22. The minimum atomic E-state index is -0.599. The second kappa shape index (κ2) is 9.21. The summed E-state index contributed by atoms with van der Waals surface area (Å²) in [6.07, 6.45) is 3.25. The van der Waals surface area contributed by atoms with Crippen LogP contribution in [0.25, 0.3) is 6.08 Å². The van der Waals surface area contributed by atoms with E-state index < -0.39 is 5.97 Å². The number of carbonyl (C=O) groups excluding carboxylic acids is 1. The van der Waals surface area contributed by atoms with Crippen LogP contribution < -0.4 is 0 Å². The van der Waals surface area contributed by atoms with E-state index in [1.807, 2.05) is 55.8 Å². The van der Waals surface area contributed by atoms with Crippen LogP contribution in [0.15, 0.2) is 29.8 Å². The second-order valence-corrected chi connectivity index (χ2v) is 6.40. The molecule has 5 nitrogen and oxygen atoms in total. The van der Waals surface area contributed by atoms with Crippen LogP contribution in [0.5, 0.6) is 0 Å². The van der Waals surface area contributed by atoms with Crippen LogP contribution in [-0.4, -0.2) is 22.4 Å². The van der Waals surface area contributed by atoms with Gasteiger partial charge in [0.05, 0.1) is 18.8 Å². The van der Waals surface area contributed by atoms with E-state index in [4.69, 9.17) is 16.3 Å². The smallest absolute Gasteiger partial charge is 0.348 e. The van der Waals surface area contributed by atoms with Crippen LogP contribution in [0, 0.1) is 25.2 Å². The molecule has 0 saturated heterocycles. The molecule has 0 bridgehead atoms. The maximum absolute atomic E-state index is 12.1. The third kappa shape index (κ3) is 4.74. The predicted octanol–water partition coefficient (Wildman–Crippen LogP) is 4.45. The van der Waals surface area contributed by atoms with E-state index in [-0.39, 0.29) is 5.57 Å². The number of benzene rings is 1. The summed E-state index contributed by atoms with van der Waals surface area (Å²) in [5.74, 6) is -0.599. The SMILES string of the molecule is CCCCOC(=O)/C(C#N)=C/c1c(C)nn(Cc2ccccc2Cl)c1C. The van der Waals surface area contributed by atoms with E-state index in [0.29, 0.717) is 18.2 Å². The molecule has 0 fully saturated rings. The van der Waals surface area contributed by atoms with Gasteiger partial charge in [0.25, 0.3) is 0 Å². The molecule has 0 amide bonds. The average molecular weight is 372 g/mol. The van der Waals surface area contributed by atoms with Gasteiger partial charge in [-0.15, -0.1) is 0 Å². The lowest BCUT2D eigenvalue weighted by molar-refractivity contribution is -0.138. The fourth-order valence-electron chi connectivity index (χ4n) is 2.53. The van der Waals surface area contributed by atoms with E-state index in [2.05, 4.69) is 5.10 Å². The number of nitriles is 1. The molecule has 26 heavy (non-hydrogen) atoms. The molecule has 2 rings (SSSR count). The Morgan fingerprint density at radius 2 is 2.12 bits per heavy atom. The molecule has 0 atom stereocenters. The molecule has 2 aromatic rings. The number of nitrogens with zero attached hydrogens (tertiary/aromatic N) is 3. The number of hydrogen-bond acceptors (Lipinski definition) is 4. The Labute approximate surface area is 158 Å². The maximum atomic E-state index is 12.1. The first-order chi connectivity index (χ1) is 12.5. The van der Waals surface area contributed by atoms with Crippen LogP contribution in [0.2, 0.25) is 5.02 Å². The van der Waals surface area contributed by atoms with Gasteiger partial charge in [0.15, 0.2) is 0 Å². The summed E-state index contributed by atoms with van der Waals surface area (Å²) in [4.78, 5) is 12.1. The van der Waals surface area contributed by atoms with Crippen molar-refractivity contribution in [3.8, 4) is 6.07 Å². The summed E-state index contributed by atoms with van der Waals surface area (Å²) in [6.45, 7) is 6.59. The number of aromatic nitrogens is 2. The number of rotatable bonds is 7. The summed E-state index contributed by atoms with van der Waals surface area (Å²) in [6, 6.07) is 9.51. The van der Waals surface area contributed by atoms with E-state index in [1.165, 1.54) is 0 Å². The number of unbranched alkanes of at least 4 members (excludes halogenated alkanes) is 1. The fraction of sp³-hybridized carbons (Fsp3) is 0.350. The van der Waals surface area contributed by atoms with Gasteiger partial charge in [-0.2, -0.15) is 10.4 Å². The van der Waals surface area contributed by atoms with Crippen molar-refractivity contribution in [1.29, 1.82) is 5.26 Å². The highest BCUT2D eigenvalue weighted by atomic mass is 35.5. The third-order valence-corrected chi connectivity index (χ3v) is 4.44. The first-order valence-corrected chi connectivity index (χ1v) is 8.92. The van der Waals surface area contributed by atoms with E-state index >= 15 is 0 Å². The third-order valence-electron chi connectivity index (χ3n) is 4.08. The van der Waals surface area contributed by atoms with E-state index in [0.717, 1.165) is 35.4 Å². The molecule has 0 aliphatic heterocycles. The van der Waals surface area contributed by atoms with Crippen molar-refractivity contribution < 1.29 is 9.53 Å². The van der Waals surface area contributed by atoms with Crippen LogP contribution in [-0.2, 0) is 16.1 Å². The van der Waals surface area contributed by atoms with Crippen molar-refractivity contribution in [2.45, 2.75) is 40.2 Å². The van der Waals surface area contributed by atoms with Gasteiger partial charge >= 0.3 is 5.97 Å². The number of halogens is 1. The van der Waals surface area contributed by atoms with Crippen molar-refractivity contribution >= 4 is 23.6 Å². The molecular formula is C20H22ClN3O2. The molecule has 6 heteroatoms. The standard InChI is InChI=1S/C20H22ClN3O2/c1-4-5-10-26-20(25)17(12-22)11-18-14(2)23-24(15(18)3)13-16-8-6-7-9-19(16)21/h6-9,11H,4-5,10,13H2,1-3H3/b17-11+. The van der Waals surface area contributed by atoms with Gasteiger partial charge in [-0.05, 0) is 38.0 Å². The van der Waals surface area contributed by atoms with Crippen molar-refractivity contribution in [1.82, 2.24) is 9.78 Å². The topological polar surface area (TPSA) is 67.9 Å². The largest absolute Gasteiger partial charge is 0.462 e. The molecular weight excluding hydrogens is 350 g/mol. The normalized spacial score (nSPS) is 11.3. The Morgan fingerprint density at radius 3 is 2.77 bits per heavy atom. The predicted molar refractivity (Wildman–Crippen MR) is 102 cm³/mol. The van der Waals surface area contributed by atoms with Crippen molar-refractivity contribution in [3.63, 3.8) is 0 Å². The van der Waals surface area contributed by atoms with Gasteiger partial charge in [0.2, 0.25) is 0 Å². The molecule has 0 aliphatic carbocycles. The van der Waals surface area contributed by atoms with Crippen molar-refractivity contribution in [2.24, 2.45) is 0 Å². The van der Waals surface area contributed by atoms with Gasteiger partial charge in [-0.1, -0.05) is 43.1 Å². The lowest BCUT2D eigenvalue weighted by Crippen LogP contribution is -2.08. The minimum absolute atomic E-state index is 0.0235. The van der Waals surface area contributed by atoms with Gasteiger partial charge in [-0.3, -0.25) is 4.68 Å². The zero-order valence-electron chi connectivity index (χ0n) is 15.3. The van der Waals surface area contributed by atoms with Gasteiger partial charge < -0.3 is 4.74 Å².